The number of hydrogen-bond acceptors (Lipinski definition) is 2. The van der Waals surface area contributed by atoms with Crippen molar-refractivity contribution in [2.24, 2.45) is 34.5 Å². The Labute approximate surface area is 184 Å². The molecule has 0 aliphatic heterocycles. The monoisotopic (exact) mass is 415 g/mol. The maximum atomic E-state index is 12.4. The van der Waals surface area contributed by atoms with E-state index in [2.05, 4.69) is 33.8 Å². The van der Waals surface area contributed by atoms with Gasteiger partial charge in [0.15, 0.2) is 0 Å². The first-order valence-electron chi connectivity index (χ1n) is 13.0. The van der Waals surface area contributed by atoms with Crippen LogP contribution in [-0.2, 0) is 4.79 Å². The second kappa shape index (κ2) is 8.60. The second-order valence-corrected chi connectivity index (χ2v) is 11.4. The molecule has 30 heavy (non-hydrogen) atoms. The Kier molecular flexibility index (Phi) is 6.41. The summed E-state index contributed by atoms with van der Waals surface area (Å²) in [5.74, 6) is 3.68. The van der Waals surface area contributed by atoms with Crippen LogP contribution >= 0.6 is 0 Å². The summed E-state index contributed by atoms with van der Waals surface area (Å²) in [6.45, 7) is 11.0. The van der Waals surface area contributed by atoms with Gasteiger partial charge < -0.3 is 10.0 Å². The zero-order valence-corrected chi connectivity index (χ0v) is 20.0. The van der Waals surface area contributed by atoms with Crippen LogP contribution in [0.3, 0.4) is 0 Å². The van der Waals surface area contributed by atoms with Gasteiger partial charge in [0.05, 0.1) is 6.10 Å². The van der Waals surface area contributed by atoms with Gasteiger partial charge in [-0.3, -0.25) is 4.79 Å². The molecule has 0 aromatic carbocycles. The lowest BCUT2D eigenvalue weighted by Crippen LogP contribution is -2.50. The highest BCUT2D eigenvalue weighted by Gasteiger charge is 2.58. The molecule has 0 radical (unpaired) electrons. The van der Waals surface area contributed by atoms with E-state index in [1.54, 1.807) is 5.57 Å². The molecule has 1 amide bonds. The van der Waals surface area contributed by atoms with Crippen molar-refractivity contribution in [3.8, 4) is 0 Å². The normalized spacial score (nSPS) is 42.7. The van der Waals surface area contributed by atoms with E-state index in [1.807, 2.05) is 4.90 Å². The van der Waals surface area contributed by atoms with Gasteiger partial charge in [0, 0.05) is 19.5 Å². The maximum absolute atomic E-state index is 12.4. The minimum Gasteiger partial charge on any atom is -0.393 e. The minimum atomic E-state index is -0.107. The van der Waals surface area contributed by atoms with Crippen molar-refractivity contribution in [2.45, 2.75) is 104 Å². The molecule has 3 heteroatoms. The van der Waals surface area contributed by atoms with Gasteiger partial charge >= 0.3 is 0 Å². The van der Waals surface area contributed by atoms with Crippen LogP contribution < -0.4 is 0 Å². The molecule has 4 aliphatic carbocycles. The SMILES string of the molecule is CCN(CC)C(=O)CCC[C@H]1CC[C@H]2[C@@H]3CC=C4C[C@@H](O)CC[C@]4(C)[C@H]3CC[C@]12C. The summed E-state index contributed by atoms with van der Waals surface area (Å²) >= 11 is 0. The highest BCUT2D eigenvalue weighted by Crippen LogP contribution is 2.66. The first-order chi connectivity index (χ1) is 14.3. The van der Waals surface area contributed by atoms with Crippen LogP contribution in [0.25, 0.3) is 0 Å². The molecule has 0 heterocycles. The lowest BCUT2D eigenvalue weighted by Gasteiger charge is -2.58. The summed E-state index contributed by atoms with van der Waals surface area (Å²) < 4.78 is 0. The quantitative estimate of drug-likeness (QED) is 0.543. The zero-order valence-electron chi connectivity index (χ0n) is 20.0. The highest BCUT2D eigenvalue weighted by molar-refractivity contribution is 5.76. The van der Waals surface area contributed by atoms with E-state index >= 15 is 0 Å². The number of carbonyl (C=O) groups excluding carboxylic acids is 1. The molecule has 1 N–H and O–H groups in total. The summed E-state index contributed by atoms with van der Waals surface area (Å²) in [6, 6.07) is 0. The molecule has 170 valence electrons. The number of fused-ring (bicyclic) bond motifs is 5. The smallest absolute Gasteiger partial charge is 0.222 e. The predicted octanol–water partition coefficient (Wildman–Crippen LogP) is 5.97. The van der Waals surface area contributed by atoms with Crippen LogP contribution in [0.5, 0.6) is 0 Å². The lowest BCUT2D eigenvalue weighted by molar-refractivity contribution is -0.131. The van der Waals surface area contributed by atoms with Crippen molar-refractivity contribution in [3.05, 3.63) is 11.6 Å². The van der Waals surface area contributed by atoms with Crippen molar-refractivity contribution in [1.82, 2.24) is 4.90 Å². The average molecular weight is 416 g/mol. The van der Waals surface area contributed by atoms with Crippen LogP contribution in [-0.4, -0.2) is 35.1 Å². The Morgan fingerprint density at radius 3 is 2.60 bits per heavy atom. The molecule has 4 rings (SSSR count). The zero-order chi connectivity index (χ0) is 21.5. The molecule has 3 fully saturated rings. The van der Waals surface area contributed by atoms with Crippen LogP contribution in [0.4, 0.5) is 0 Å². The van der Waals surface area contributed by atoms with E-state index in [1.165, 1.54) is 44.9 Å². The van der Waals surface area contributed by atoms with Crippen molar-refractivity contribution >= 4 is 5.91 Å². The van der Waals surface area contributed by atoms with Crippen LogP contribution in [0.1, 0.15) is 98.3 Å². The Balaban J connectivity index is 1.41. The number of nitrogens with zero attached hydrogens (tertiary/aromatic N) is 1. The lowest BCUT2D eigenvalue weighted by atomic mass is 9.47. The third-order valence-electron chi connectivity index (χ3n) is 10.3. The van der Waals surface area contributed by atoms with E-state index in [0.29, 0.717) is 16.7 Å². The molecule has 4 aliphatic rings. The van der Waals surface area contributed by atoms with Crippen molar-refractivity contribution < 1.29 is 9.90 Å². The fourth-order valence-corrected chi connectivity index (χ4v) is 8.46. The van der Waals surface area contributed by atoms with E-state index < -0.39 is 0 Å². The van der Waals surface area contributed by atoms with Gasteiger partial charge in [-0.2, -0.15) is 0 Å². The van der Waals surface area contributed by atoms with Crippen LogP contribution in [0.2, 0.25) is 0 Å². The molecule has 3 saturated carbocycles. The molecular weight excluding hydrogens is 370 g/mol. The van der Waals surface area contributed by atoms with Crippen molar-refractivity contribution in [1.29, 1.82) is 0 Å². The number of aliphatic hydroxyl groups is 1. The van der Waals surface area contributed by atoms with E-state index in [4.69, 9.17) is 0 Å². The van der Waals surface area contributed by atoms with Crippen molar-refractivity contribution in [3.63, 3.8) is 0 Å². The number of amides is 1. The number of carbonyl (C=O) groups is 1. The molecule has 0 unspecified atom stereocenters. The van der Waals surface area contributed by atoms with Gasteiger partial charge in [-0.05, 0) is 113 Å². The van der Waals surface area contributed by atoms with Gasteiger partial charge in [0.25, 0.3) is 0 Å². The predicted molar refractivity (Wildman–Crippen MR) is 123 cm³/mol. The minimum absolute atomic E-state index is 0.107. The Morgan fingerprint density at radius 1 is 1.10 bits per heavy atom. The third-order valence-corrected chi connectivity index (χ3v) is 10.3. The van der Waals surface area contributed by atoms with E-state index in [0.717, 1.165) is 62.4 Å². The van der Waals surface area contributed by atoms with Crippen LogP contribution in [0.15, 0.2) is 11.6 Å². The third kappa shape index (κ3) is 3.67. The molecular formula is C27H45NO2. The molecule has 3 nitrogen and oxygen atoms in total. The Morgan fingerprint density at radius 2 is 1.87 bits per heavy atom. The summed E-state index contributed by atoms with van der Waals surface area (Å²) in [5, 5.41) is 10.2. The maximum Gasteiger partial charge on any atom is 0.222 e. The second-order valence-electron chi connectivity index (χ2n) is 11.4. The summed E-state index contributed by atoms with van der Waals surface area (Å²) in [5.41, 5.74) is 2.41. The fraction of sp³-hybridized carbons (Fsp3) is 0.889. The largest absolute Gasteiger partial charge is 0.393 e. The van der Waals surface area contributed by atoms with Gasteiger partial charge in [0.1, 0.15) is 0 Å². The Bertz CT molecular complexity index is 668. The molecule has 0 saturated heterocycles. The summed E-state index contributed by atoms with van der Waals surface area (Å²) in [4.78, 5) is 14.4. The van der Waals surface area contributed by atoms with Crippen LogP contribution in [0, 0.1) is 34.5 Å². The first-order valence-corrected chi connectivity index (χ1v) is 13.0. The molecule has 0 aromatic rings. The number of hydrogen-bond donors (Lipinski definition) is 1. The molecule has 0 aromatic heterocycles. The number of aliphatic hydroxyl groups excluding tert-OH is 1. The molecule has 0 bridgehead atoms. The standard InChI is InChI=1S/C27H45NO2/c1-5-28(6-2)25(30)9-7-8-19-11-13-23-22-12-10-20-18-21(29)14-16-27(20,4)24(22)15-17-26(19,23)3/h10,19,21-24,29H,5-9,11-18H2,1-4H3/t19-,21-,22-,23-,24-,26+,27-/m0/s1. The van der Waals surface area contributed by atoms with Gasteiger partial charge in [-0.15, -0.1) is 0 Å². The topological polar surface area (TPSA) is 40.5 Å². The van der Waals surface area contributed by atoms with Gasteiger partial charge in [0.2, 0.25) is 5.91 Å². The number of allylic oxidation sites excluding steroid dienone is 1. The Hall–Kier alpha value is -0.830. The fourth-order valence-electron chi connectivity index (χ4n) is 8.46. The average Bonchev–Trinajstić information content (AvgIpc) is 3.06. The summed E-state index contributed by atoms with van der Waals surface area (Å²) in [6.07, 6.45) is 15.3. The molecule has 0 spiro atoms. The highest BCUT2D eigenvalue weighted by atomic mass is 16.3. The van der Waals surface area contributed by atoms with E-state index in [9.17, 15) is 9.90 Å². The van der Waals surface area contributed by atoms with Crippen molar-refractivity contribution in [2.75, 3.05) is 13.1 Å². The summed E-state index contributed by atoms with van der Waals surface area (Å²) in [7, 11) is 0. The van der Waals surface area contributed by atoms with Gasteiger partial charge in [-0.1, -0.05) is 25.5 Å². The van der Waals surface area contributed by atoms with E-state index in [-0.39, 0.29) is 6.10 Å². The molecule has 7 atom stereocenters. The van der Waals surface area contributed by atoms with Gasteiger partial charge in [-0.25, -0.2) is 0 Å². The number of rotatable bonds is 6. The first kappa shape index (κ1) is 22.4.